The van der Waals surface area contributed by atoms with Gasteiger partial charge in [0, 0.05) is 61.0 Å². The number of fused-ring (bicyclic) bond motifs is 2. The summed E-state index contributed by atoms with van der Waals surface area (Å²) in [6.07, 6.45) is 6.16. The van der Waals surface area contributed by atoms with Crippen molar-refractivity contribution in [3.05, 3.63) is 81.8 Å². The van der Waals surface area contributed by atoms with E-state index in [1.165, 1.54) is 22.3 Å². The van der Waals surface area contributed by atoms with E-state index in [9.17, 15) is 4.79 Å². The van der Waals surface area contributed by atoms with E-state index in [-0.39, 0.29) is 5.56 Å². The van der Waals surface area contributed by atoms with Gasteiger partial charge in [-0.1, -0.05) is 19.9 Å². The fraction of sp³-hybridized carbons (Fsp3) is 0.292. The molecule has 1 aliphatic rings. The van der Waals surface area contributed by atoms with Gasteiger partial charge in [-0.15, -0.1) is 5.10 Å². The fourth-order valence-corrected chi connectivity index (χ4v) is 4.23. The summed E-state index contributed by atoms with van der Waals surface area (Å²) < 4.78 is 1.37. The van der Waals surface area contributed by atoms with E-state index in [1.807, 2.05) is 31.5 Å². The van der Waals surface area contributed by atoms with Gasteiger partial charge in [-0.2, -0.15) is 4.52 Å². The van der Waals surface area contributed by atoms with Crippen LogP contribution in [0.5, 0.6) is 0 Å². The minimum absolute atomic E-state index is 0.176. The average Bonchev–Trinajstić information content (AvgIpc) is 2.78. The lowest BCUT2D eigenvalue weighted by atomic mass is 9.96. The van der Waals surface area contributed by atoms with E-state index in [4.69, 9.17) is 4.98 Å². The van der Waals surface area contributed by atoms with Crippen LogP contribution in [0.3, 0.4) is 0 Å². The predicted octanol–water partition coefficient (Wildman–Crippen LogP) is 3.54. The molecular weight excluding hydrogens is 388 g/mol. The molecule has 7 nitrogen and oxygen atoms in total. The summed E-state index contributed by atoms with van der Waals surface area (Å²) in [4.78, 5) is 28.1. The second-order valence-electron chi connectivity index (χ2n) is 8.30. The third kappa shape index (κ3) is 3.46. The summed E-state index contributed by atoms with van der Waals surface area (Å²) in [7, 11) is 0. The van der Waals surface area contributed by atoms with Crippen molar-refractivity contribution in [3.63, 3.8) is 0 Å². The Hall–Kier alpha value is -3.61. The highest BCUT2D eigenvalue weighted by Gasteiger charge is 2.22. The molecule has 5 rings (SSSR count). The maximum Gasteiger partial charge on any atom is 0.274 e. The van der Waals surface area contributed by atoms with Gasteiger partial charge in [0.25, 0.3) is 5.56 Å². The number of anilines is 1. The first-order valence-corrected chi connectivity index (χ1v) is 10.5. The Kier molecular flexibility index (Phi) is 4.73. The molecule has 0 radical (unpaired) electrons. The van der Waals surface area contributed by atoms with Crippen LogP contribution >= 0.6 is 0 Å². The van der Waals surface area contributed by atoms with Crippen LogP contribution in [0.15, 0.2) is 53.7 Å². The Morgan fingerprint density at radius 3 is 2.77 bits per heavy atom. The molecule has 4 aromatic heterocycles. The molecule has 0 aliphatic carbocycles. The Morgan fingerprint density at radius 1 is 1.06 bits per heavy atom. The van der Waals surface area contributed by atoms with Gasteiger partial charge in [0.1, 0.15) is 0 Å². The molecule has 4 aromatic rings. The minimum atomic E-state index is -0.176. The smallest absolute Gasteiger partial charge is 0.274 e. The second kappa shape index (κ2) is 7.58. The summed E-state index contributed by atoms with van der Waals surface area (Å²) in [5.41, 5.74) is 6.98. The zero-order valence-electron chi connectivity index (χ0n) is 17.9. The van der Waals surface area contributed by atoms with Crippen LogP contribution in [-0.4, -0.2) is 31.1 Å². The summed E-state index contributed by atoms with van der Waals surface area (Å²) >= 11 is 0. The van der Waals surface area contributed by atoms with Gasteiger partial charge in [0.2, 0.25) is 0 Å². The maximum atomic E-state index is 12.2. The first-order valence-electron chi connectivity index (χ1n) is 10.5. The van der Waals surface area contributed by atoms with Crippen LogP contribution in [0, 0.1) is 6.92 Å². The molecular formula is C24H24N6O. The molecule has 156 valence electrons. The molecule has 0 bridgehead atoms. The maximum absolute atomic E-state index is 12.2. The van der Waals surface area contributed by atoms with Gasteiger partial charge in [0.15, 0.2) is 11.5 Å². The van der Waals surface area contributed by atoms with Crippen molar-refractivity contribution in [3.8, 4) is 11.1 Å². The molecule has 0 N–H and O–H groups in total. The predicted molar refractivity (Wildman–Crippen MR) is 120 cm³/mol. The topological polar surface area (TPSA) is 76.3 Å². The minimum Gasteiger partial charge on any atom is -0.350 e. The lowest BCUT2D eigenvalue weighted by Gasteiger charge is -2.30. The Bertz CT molecular complexity index is 1340. The van der Waals surface area contributed by atoms with Gasteiger partial charge in [-0.05, 0) is 42.2 Å². The van der Waals surface area contributed by atoms with E-state index in [0.29, 0.717) is 18.1 Å². The molecule has 0 fully saturated rings. The van der Waals surface area contributed by atoms with Gasteiger partial charge in [-0.25, -0.2) is 4.98 Å². The van der Waals surface area contributed by atoms with Crippen LogP contribution in [0.25, 0.3) is 16.8 Å². The van der Waals surface area contributed by atoms with Crippen molar-refractivity contribution >= 4 is 11.5 Å². The highest BCUT2D eigenvalue weighted by Crippen LogP contribution is 2.31. The van der Waals surface area contributed by atoms with E-state index in [1.54, 1.807) is 0 Å². The Morgan fingerprint density at radius 2 is 1.94 bits per heavy atom. The van der Waals surface area contributed by atoms with Crippen LogP contribution < -0.4 is 10.5 Å². The highest BCUT2D eigenvalue weighted by atomic mass is 16.1. The van der Waals surface area contributed by atoms with Gasteiger partial charge in [-0.3, -0.25) is 14.8 Å². The molecule has 0 amide bonds. The van der Waals surface area contributed by atoms with Crippen molar-refractivity contribution < 1.29 is 0 Å². The molecule has 7 heteroatoms. The molecule has 0 unspecified atom stereocenters. The summed E-state index contributed by atoms with van der Waals surface area (Å²) in [5.74, 6) is 1.14. The largest absolute Gasteiger partial charge is 0.350 e. The first kappa shape index (κ1) is 19.4. The quantitative estimate of drug-likeness (QED) is 0.512. The lowest BCUT2D eigenvalue weighted by molar-refractivity contribution is 0.685. The van der Waals surface area contributed by atoms with Crippen LogP contribution in [-0.2, 0) is 13.0 Å². The fourth-order valence-electron chi connectivity index (χ4n) is 4.23. The number of pyridine rings is 2. The normalized spacial score (nSPS) is 13.6. The lowest BCUT2D eigenvalue weighted by Crippen LogP contribution is -2.33. The Balaban J connectivity index is 1.54. The van der Waals surface area contributed by atoms with Crippen LogP contribution in [0.4, 0.5) is 5.82 Å². The van der Waals surface area contributed by atoms with Crippen molar-refractivity contribution in [2.24, 2.45) is 0 Å². The molecule has 1 aliphatic heterocycles. The second-order valence-corrected chi connectivity index (χ2v) is 8.30. The van der Waals surface area contributed by atoms with Gasteiger partial charge >= 0.3 is 0 Å². The van der Waals surface area contributed by atoms with Crippen molar-refractivity contribution in [2.45, 2.75) is 39.7 Å². The monoisotopic (exact) mass is 412 g/mol. The van der Waals surface area contributed by atoms with Gasteiger partial charge in [0.05, 0.1) is 5.69 Å². The molecule has 0 atom stereocenters. The number of hydrogen-bond donors (Lipinski definition) is 0. The average molecular weight is 412 g/mol. The molecule has 0 spiro atoms. The molecule has 31 heavy (non-hydrogen) atoms. The standard InChI is InChI=1S/C24H24N6O/c1-15(2)23-19(5-4-8-26-23)17-12-18-14-29(10-7-20(18)27-13-17)24-16(3)11-21-25-9-6-22(31)30(21)28-24/h4-6,8-9,11-13,15H,7,10,14H2,1-3H3. The molecule has 0 saturated carbocycles. The van der Waals surface area contributed by atoms with E-state index < -0.39 is 0 Å². The van der Waals surface area contributed by atoms with Crippen LogP contribution in [0.1, 0.15) is 42.3 Å². The number of aryl methyl sites for hydroxylation is 1. The summed E-state index contributed by atoms with van der Waals surface area (Å²) in [6.45, 7) is 7.82. The summed E-state index contributed by atoms with van der Waals surface area (Å²) in [6, 6.07) is 9.66. The number of aromatic nitrogens is 5. The van der Waals surface area contributed by atoms with E-state index in [0.717, 1.165) is 46.9 Å². The zero-order chi connectivity index (χ0) is 21.5. The van der Waals surface area contributed by atoms with Crippen LogP contribution in [0.2, 0.25) is 0 Å². The third-order valence-electron chi connectivity index (χ3n) is 5.78. The SMILES string of the molecule is Cc1cc2nccc(=O)n2nc1N1CCc2ncc(-c3cccnc3C(C)C)cc2C1. The first-order chi connectivity index (χ1) is 15.0. The molecule has 0 saturated heterocycles. The highest BCUT2D eigenvalue weighted by molar-refractivity contribution is 5.67. The number of hydrogen-bond acceptors (Lipinski definition) is 6. The molecule has 0 aromatic carbocycles. The van der Waals surface area contributed by atoms with Crippen molar-refractivity contribution in [1.29, 1.82) is 0 Å². The molecule has 5 heterocycles. The zero-order valence-corrected chi connectivity index (χ0v) is 17.9. The number of rotatable bonds is 3. The Labute approximate surface area is 180 Å². The third-order valence-corrected chi connectivity index (χ3v) is 5.78. The summed E-state index contributed by atoms with van der Waals surface area (Å²) in [5, 5.41) is 4.63. The number of nitrogens with zero attached hydrogens (tertiary/aromatic N) is 6. The van der Waals surface area contributed by atoms with Crippen molar-refractivity contribution in [1.82, 2.24) is 24.6 Å². The van der Waals surface area contributed by atoms with E-state index in [2.05, 4.69) is 45.9 Å². The van der Waals surface area contributed by atoms with Gasteiger partial charge < -0.3 is 4.90 Å². The van der Waals surface area contributed by atoms with E-state index >= 15 is 0 Å². The van der Waals surface area contributed by atoms with Crippen molar-refractivity contribution in [2.75, 3.05) is 11.4 Å².